The second-order valence-corrected chi connectivity index (χ2v) is 3.69. The Balaban J connectivity index is 2.05. The van der Waals surface area contributed by atoms with Crippen LogP contribution in [0, 0.1) is 0 Å². The van der Waals surface area contributed by atoms with Crippen molar-refractivity contribution in [2.75, 3.05) is 11.6 Å². The number of allylic oxidation sites excluding steroid dienone is 2. The fourth-order valence-electron chi connectivity index (χ4n) is 1.63. The van der Waals surface area contributed by atoms with Gasteiger partial charge in [0.2, 0.25) is 0 Å². The molecular weight excluding hydrogens is 220 g/mol. The van der Waals surface area contributed by atoms with E-state index in [1.165, 1.54) is 0 Å². The van der Waals surface area contributed by atoms with Crippen LogP contribution in [0.2, 0.25) is 0 Å². The number of primary amides is 1. The maximum atomic E-state index is 10.7. The summed E-state index contributed by atoms with van der Waals surface area (Å²) < 4.78 is 4.94. The van der Waals surface area contributed by atoms with Crippen LogP contribution in [0.15, 0.2) is 42.4 Å². The maximum absolute atomic E-state index is 10.7. The third kappa shape index (κ3) is 2.66. The Bertz CT molecular complexity index is 450. The molecule has 1 unspecified atom stereocenters. The zero-order valence-corrected chi connectivity index (χ0v) is 9.48. The van der Waals surface area contributed by atoms with Crippen molar-refractivity contribution in [2.24, 2.45) is 5.73 Å². The van der Waals surface area contributed by atoms with Crippen molar-refractivity contribution in [1.29, 1.82) is 0 Å². The zero-order chi connectivity index (χ0) is 12.3. The molecule has 0 radical (unpaired) electrons. The van der Waals surface area contributed by atoms with E-state index in [4.69, 9.17) is 10.5 Å². The minimum atomic E-state index is -0.765. The van der Waals surface area contributed by atoms with Gasteiger partial charge in [-0.25, -0.2) is 4.79 Å². The van der Waals surface area contributed by atoms with Gasteiger partial charge in [-0.05, 0) is 24.6 Å². The Morgan fingerprint density at radius 2 is 2.47 bits per heavy atom. The SMILES string of the molecule is CC(OC(N)=O)C1=CC=CN(n2cccn2)C1. The topological polar surface area (TPSA) is 73.4 Å². The molecule has 1 atom stereocenters. The monoisotopic (exact) mass is 234 g/mol. The van der Waals surface area contributed by atoms with Gasteiger partial charge < -0.3 is 10.5 Å². The summed E-state index contributed by atoms with van der Waals surface area (Å²) in [6.07, 6.45) is 8.12. The molecule has 2 N–H and O–H groups in total. The van der Waals surface area contributed by atoms with E-state index in [1.807, 2.05) is 35.6 Å². The molecule has 0 aromatic carbocycles. The van der Waals surface area contributed by atoms with Crippen LogP contribution >= 0.6 is 0 Å². The molecule has 90 valence electrons. The lowest BCUT2D eigenvalue weighted by Crippen LogP contribution is -2.36. The van der Waals surface area contributed by atoms with Crippen molar-refractivity contribution in [3.8, 4) is 0 Å². The molecule has 1 aliphatic rings. The molecule has 1 amide bonds. The summed E-state index contributed by atoms with van der Waals surface area (Å²) in [6, 6.07) is 1.84. The molecule has 0 saturated carbocycles. The fourth-order valence-corrected chi connectivity index (χ4v) is 1.63. The van der Waals surface area contributed by atoms with Crippen molar-refractivity contribution < 1.29 is 9.53 Å². The van der Waals surface area contributed by atoms with Crippen LogP contribution in [-0.2, 0) is 4.74 Å². The van der Waals surface area contributed by atoms with Crippen LogP contribution in [0.5, 0.6) is 0 Å². The van der Waals surface area contributed by atoms with E-state index in [0.29, 0.717) is 6.54 Å². The number of amides is 1. The van der Waals surface area contributed by atoms with Crippen LogP contribution in [0.25, 0.3) is 0 Å². The highest BCUT2D eigenvalue weighted by atomic mass is 16.6. The average molecular weight is 234 g/mol. The summed E-state index contributed by atoms with van der Waals surface area (Å²) in [4.78, 5) is 12.4. The van der Waals surface area contributed by atoms with Crippen molar-refractivity contribution >= 4 is 6.09 Å². The molecule has 17 heavy (non-hydrogen) atoms. The first-order valence-electron chi connectivity index (χ1n) is 5.27. The Morgan fingerprint density at radius 3 is 3.12 bits per heavy atom. The molecular formula is C11H14N4O2. The fraction of sp³-hybridized carbons (Fsp3) is 0.273. The van der Waals surface area contributed by atoms with Gasteiger partial charge in [0.1, 0.15) is 6.10 Å². The van der Waals surface area contributed by atoms with E-state index >= 15 is 0 Å². The second-order valence-electron chi connectivity index (χ2n) is 3.69. The molecule has 2 rings (SSSR count). The van der Waals surface area contributed by atoms with Crippen LogP contribution < -0.4 is 10.7 Å². The smallest absolute Gasteiger partial charge is 0.405 e. The van der Waals surface area contributed by atoms with Crippen LogP contribution in [0.3, 0.4) is 0 Å². The third-order valence-electron chi connectivity index (χ3n) is 2.48. The molecule has 0 saturated heterocycles. The first kappa shape index (κ1) is 11.3. The van der Waals surface area contributed by atoms with Gasteiger partial charge in [-0.3, -0.25) is 5.01 Å². The number of rotatable bonds is 3. The van der Waals surface area contributed by atoms with Gasteiger partial charge in [0, 0.05) is 12.4 Å². The lowest BCUT2D eigenvalue weighted by Gasteiger charge is -2.26. The highest BCUT2D eigenvalue weighted by molar-refractivity contribution is 5.65. The number of carbonyl (C=O) groups is 1. The van der Waals surface area contributed by atoms with E-state index in [-0.39, 0.29) is 6.10 Å². The molecule has 6 nitrogen and oxygen atoms in total. The van der Waals surface area contributed by atoms with Gasteiger partial charge in [-0.15, -0.1) is 0 Å². The molecule has 0 spiro atoms. The highest BCUT2D eigenvalue weighted by Gasteiger charge is 2.17. The Morgan fingerprint density at radius 1 is 1.65 bits per heavy atom. The molecule has 6 heteroatoms. The number of nitrogens with two attached hydrogens (primary N) is 1. The van der Waals surface area contributed by atoms with Gasteiger partial charge in [-0.1, -0.05) is 6.08 Å². The summed E-state index contributed by atoms with van der Waals surface area (Å²) in [6.45, 7) is 2.39. The largest absolute Gasteiger partial charge is 0.442 e. The standard InChI is InChI=1S/C11H14N4O2/c1-9(17-11(12)16)10-4-2-6-14(8-10)15-7-3-5-13-15/h2-7,9H,8H2,1H3,(H2,12,16). The maximum Gasteiger partial charge on any atom is 0.405 e. The Labute approximate surface area is 98.9 Å². The second kappa shape index (κ2) is 4.73. The first-order chi connectivity index (χ1) is 8.16. The van der Waals surface area contributed by atoms with Crippen LogP contribution in [-0.4, -0.2) is 28.6 Å². The minimum Gasteiger partial charge on any atom is -0.442 e. The van der Waals surface area contributed by atoms with E-state index < -0.39 is 6.09 Å². The normalized spacial score (nSPS) is 16.5. The van der Waals surface area contributed by atoms with Crippen LogP contribution in [0.4, 0.5) is 4.79 Å². The van der Waals surface area contributed by atoms with E-state index in [2.05, 4.69) is 5.10 Å². The third-order valence-corrected chi connectivity index (χ3v) is 2.48. The van der Waals surface area contributed by atoms with Gasteiger partial charge in [0.05, 0.1) is 12.7 Å². The lowest BCUT2D eigenvalue weighted by molar-refractivity contribution is 0.131. The number of nitrogens with zero attached hydrogens (tertiary/aromatic N) is 3. The molecule has 1 aromatic heterocycles. The molecule has 2 heterocycles. The van der Waals surface area contributed by atoms with Crippen molar-refractivity contribution in [1.82, 2.24) is 9.89 Å². The highest BCUT2D eigenvalue weighted by Crippen LogP contribution is 2.12. The number of hydrogen-bond donors (Lipinski definition) is 1. The predicted octanol–water partition coefficient (Wildman–Crippen LogP) is 0.759. The van der Waals surface area contributed by atoms with E-state index in [9.17, 15) is 4.79 Å². The van der Waals surface area contributed by atoms with Gasteiger partial charge in [-0.2, -0.15) is 9.89 Å². The summed E-state index contributed by atoms with van der Waals surface area (Å²) in [5, 5.41) is 6.03. The Kier molecular flexibility index (Phi) is 3.13. The Hall–Kier alpha value is -2.24. The van der Waals surface area contributed by atoms with Gasteiger partial charge in [0.15, 0.2) is 0 Å². The van der Waals surface area contributed by atoms with Crippen molar-refractivity contribution in [3.05, 3.63) is 42.4 Å². The van der Waals surface area contributed by atoms with Gasteiger partial charge in [0.25, 0.3) is 0 Å². The first-order valence-corrected chi connectivity index (χ1v) is 5.27. The molecule has 0 aliphatic carbocycles. The zero-order valence-electron chi connectivity index (χ0n) is 9.48. The predicted molar refractivity (Wildman–Crippen MR) is 62.7 cm³/mol. The summed E-state index contributed by atoms with van der Waals surface area (Å²) in [5.74, 6) is 0. The molecule has 1 aliphatic heterocycles. The summed E-state index contributed by atoms with van der Waals surface area (Å²) in [7, 11) is 0. The van der Waals surface area contributed by atoms with Crippen molar-refractivity contribution in [3.63, 3.8) is 0 Å². The quantitative estimate of drug-likeness (QED) is 0.837. The molecule has 0 fully saturated rings. The van der Waals surface area contributed by atoms with Crippen molar-refractivity contribution in [2.45, 2.75) is 13.0 Å². The van der Waals surface area contributed by atoms with Gasteiger partial charge >= 0.3 is 6.09 Å². The molecule has 0 bridgehead atoms. The number of ether oxygens (including phenoxy) is 1. The molecule has 1 aromatic rings. The average Bonchev–Trinajstić information content (AvgIpc) is 2.82. The number of aromatic nitrogens is 2. The number of hydrogen-bond acceptors (Lipinski definition) is 4. The minimum absolute atomic E-state index is 0.337. The summed E-state index contributed by atoms with van der Waals surface area (Å²) >= 11 is 0. The van der Waals surface area contributed by atoms with E-state index in [0.717, 1.165) is 5.57 Å². The lowest BCUT2D eigenvalue weighted by atomic mass is 10.1. The van der Waals surface area contributed by atoms with E-state index in [1.54, 1.807) is 17.9 Å². The summed E-state index contributed by atoms with van der Waals surface area (Å²) in [5.41, 5.74) is 5.95. The van der Waals surface area contributed by atoms with Crippen LogP contribution in [0.1, 0.15) is 6.92 Å². The number of carbonyl (C=O) groups excluding carboxylic acids is 1.